The summed E-state index contributed by atoms with van der Waals surface area (Å²) >= 11 is 6.42. The lowest BCUT2D eigenvalue weighted by Gasteiger charge is -2.48. The third-order valence-corrected chi connectivity index (χ3v) is 6.78. The lowest BCUT2D eigenvalue weighted by Crippen LogP contribution is -2.55. The first kappa shape index (κ1) is 18.5. The number of carbonyl (C=O) groups excluding carboxylic acids is 2. The van der Waals surface area contributed by atoms with Gasteiger partial charge in [0.1, 0.15) is 0 Å². The fraction of sp³-hybridized carbons (Fsp3) is 0.278. The lowest BCUT2D eigenvalue weighted by atomic mass is 9.97. The Balaban J connectivity index is 1.97. The molecule has 2 aromatic rings. The van der Waals surface area contributed by atoms with Crippen LogP contribution in [0, 0.1) is 0 Å². The van der Waals surface area contributed by atoms with Crippen molar-refractivity contribution in [3.63, 3.8) is 0 Å². The zero-order chi connectivity index (χ0) is 19.1. The number of thioether (sulfide) groups is 1. The molecule has 0 saturated carbocycles. The standard InChI is InChI=1S/C18H17BrN4O2S2/c1-3-14(24)22-11-7-5-4-6-10(11)15-16(25)20-18(26-2)21-23(15)17(22)12-8-9-13(19)27-12/h4-9,15,17H,3H2,1-2H3,(H,20,21,25)/t15-,17+/m1/s1. The maximum atomic E-state index is 13.0. The van der Waals surface area contributed by atoms with Crippen molar-refractivity contribution in [2.45, 2.75) is 25.6 Å². The number of amides is 2. The maximum Gasteiger partial charge on any atom is 0.255 e. The van der Waals surface area contributed by atoms with Crippen molar-refractivity contribution in [2.24, 2.45) is 5.10 Å². The molecular formula is C18H17BrN4O2S2. The minimum Gasteiger partial charge on any atom is -0.302 e. The average Bonchev–Trinajstić information content (AvgIpc) is 3.11. The molecule has 0 saturated heterocycles. The van der Waals surface area contributed by atoms with Gasteiger partial charge < -0.3 is 5.32 Å². The summed E-state index contributed by atoms with van der Waals surface area (Å²) < 4.78 is 0.965. The summed E-state index contributed by atoms with van der Waals surface area (Å²) in [5.74, 6) is -0.145. The largest absolute Gasteiger partial charge is 0.302 e. The molecule has 2 atom stereocenters. The van der Waals surface area contributed by atoms with Crippen LogP contribution in [0.1, 0.15) is 36.0 Å². The number of halogens is 1. The highest BCUT2D eigenvalue weighted by atomic mass is 79.9. The zero-order valence-electron chi connectivity index (χ0n) is 14.7. The van der Waals surface area contributed by atoms with Crippen LogP contribution in [-0.4, -0.2) is 28.2 Å². The van der Waals surface area contributed by atoms with Gasteiger partial charge in [0.05, 0.1) is 14.4 Å². The van der Waals surface area contributed by atoms with E-state index < -0.39 is 12.2 Å². The molecule has 2 aliphatic rings. The van der Waals surface area contributed by atoms with Crippen LogP contribution in [-0.2, 0) is 9.59 Å². The number of amidine groups is 1. The van der Waals surface area contributed by atoms with Crippen molar-refractivity contribution in [3.05, 3.63) is 50.6 Å². The van der Waals surface area contributed by atoms with Gasteiger partial charge in [0.25, 0.3) is 5.91 Å². The zero-order valence-corrected chi connectivity index (χ0v) is 17.9. The minimum absolute atomic E-state index is 0.0118. The quantitative estimate of drug-likeness (QED) is 0.727. The molecule has 9 heteroatoms. The Morgan fingerprint density at radius 2 is 2.11 bits per heavy atom. The second kappa shape index (κ2) is 7.29. The van der Waals surface area contributed by atoms with Crippen LogP contribution < -0.4 is 10.2 Å². The highest BCUT2D eigenvalue weighted by Crippen LogP contribution is 2.48. The fourth-order valence-electron chi connectivity index (χ4n) is 3.41. The first-order chi connectivity index (χ1) is 13.0. The molecule has 1 aromatic carbocycles. The molecule has 6 nitrogen and oxygen atoms in total. The van der Waals surface area contributed by atoms with Gasteiger partial charge in [0.15, 0.2) is 17.4 Å². The van der Waals surface area contributed by atoms with Gasteiger partial charge in [-0.15, -0.1) is 16.4 Å². The molecule has 1 aromatic heterocycles. The van der Waals surface area contributed by atoms with E-state index in [4.69, 9.17) is 0 Å². The van der Waals surface area contributed by atoms with Gasteiger partial charge in [0.2, 0.25) is 5.91 Å². The topological polar surface area (TPSA) is 65.0 Å². The Morgan fingerprint density at radius 1 is 1.33 bits per heavy atom. The second-order valence-electron chi connectivity index (χ2n) is 6.07. The van der Waals surface area contributed by atoms with Crippen LogP contribution in [0.2, 0.25) is 0 Å². The van der Waals surface area contributed by atoms with Crippen LogP contribution in [0.15, 0.2) is 45.3 Å². The minimum atomic E-state index is -0.580. The van der Waals surface area contributed by atoms with E-state index >= 15 is 0 Å². The summed E-state index contributed by atoms with van der Waals surface area (Å²) in [5, 5.41) is 9.84. The van der Waals surface area contributed by atoms with E-state index in [1.165, 1.54) is 23.1 Å². The van der Waals surface area contributed by atoms with Gasteiger partial charge in [-0.1, -0.05) is 36.9 Å². The highest BCUT2D eigenvalue weighted by molar-refractivity contribution is 9.11. The summed E-state index contributed by atoms with van der Waals surface area (Å²) in [7, 11) is 0. The molecule has 2 amide bonds. The molecule has 0 radical (unpaired) electrons. The molecule has 2 aliphatic heterocycles. The molecule has 3 heterocycles. The molecule has 0 unspecified atom stereocenters. The van der Waals surface area contributed by atoms with Crippen molar-refractivity contribution >= 4 is 61.7 Å². The predicted molar refractivity (Wildman–Crippen MR) is 113 cm³/mol. The number of hydrazone groups is 1. The van der Waals surface area contributed by atoms with Crippen molar-refractivity contribution in [1.82, 2.24) is 10.3 Å². The van der Waals surface area contributed by atoms with Crippen molar-refractivity contribution in [3.8, 4) is 0 Å². The first-order valence-corrected chi connectivity index (χ1v) is 11.3. The van der Waals surface area contributed by atoms with Crippen molar-refractivity contribution in [2.75, 3.05) is 11.2 Å². The third kappa shape index (κ3) is 3.07. The molecule has 140 valence electrons. The number of hydrogen-bond acceptors (Lipinski definition) is 6. The molecule has 4 rings (SSSR count). The summed E-state index contributed by atoms with van der Waals surface area (Å²) in [5.41, 5.74) is 1.55. The lowest BCUT2D eigenvalue weighted by molar-refractivity contribution is -0.130. The number of carbonyl (C=O) groups is 2. The van der Waals surface area contributed by atoms with Crippen LogP contribution in [0.25, 0.3) is 0 Å². The number of fused-ring (bicyclic) bond motifs is 3. The number of anilines is 1. The average molecular weight is 465 g/mol. The third-order valence-electron chi connectivity index (χ3n) is 4.55. The van der Waals surface area contributed by atoms with Crippen LogP contribution in [0.4, 0.5) is 5.69 Å². The van der Waals surface area contributed by atoms with E-state index in [0.717, 1.165) is 19.9 Å². The molecule has 0 spiro atoms. The Bertz CT molecular complexity index is 945. The molecule has 0 fully saturated rings. The predicted octanol–water partition coefficient (Wildman–Crippen LogP) is 4.07. The maximum absolute atomic E-state index is 13.0. The van der Waals surface area contributed by atoms with E-state index in [2.05, 4.69) is 26.3 Å². The normalized spacial score (nSPS) is 21.3. The van der Waals surface area contributed by atoms with Gasteiger partial charge in [-0.2, -0.15) is 0 Å². The number of nitrogens with one attached hydrogen (secondary N) is 1. The Kier molecular flexibility index (Phi) is 5.00. The Morgan fingerprint density at radius 3 is 2.78 bits per heavy atom. The molecular weight excluding hydrogens is 448 g/mol. The smallest absolute Gasteiger partial charge is 0.255 e. The van der Waals surface area contributed by atoms with Crippen LogP contribution >= 0.6 is 39.0 Å². The summed E-state index contributed by atoms with van der Waals surface area (Å²) in [6.45, 7) is 1.85. The van der Waals surface area contributed by atoms with Gasteiger partial charge in [-0.25, -0.2) is 5.01 Å². The summed E-state index contributed by atoms with van der Waals surface area (Å²) in [6.07, 6.45) is 1.76. The number of benzene rings is 1. The first-order valence-electron chi connectivity index (χ1n) is 8.43. The van der Waals surface area contributed by atoms with E-state index in [1.807, 2.05) is 49.6 Å². The van der Waals surface area contributed by atoms with Crippen molar-refractivity contribution in [1.29, 1.82) is 0 Å². The van der Waals surface area contributed by atoms with E-state index in [9.17, 15) is 9.59 Å². The highest BCUT2D eigenvalue weighted by Gasteiger charge is 2.47. The summed E-state index contributed by atoms with van der Waals surface area (Å²) in [6, 6.07) is 10.9. The SMILES string of the molecule is CCC(=O)N1c2ccccc2[C@@H]2C(=O)NC(SC)=NN2[C@H]1c1ccc(Br)s1. The molecule has 0 aliphatic carbocycles. The molecule has 0 bridgehead atoms. The van der Waals surface area contributed by atoms with Gasteiger partial charge in [-0.05, 0) is 40.4 Å². The Labute approximate surface area is 173 Å². The number of rotatable bonds is 2. The summed E-state index contributed by atoms with van der Waals surface area (Å²) in [4.78, 5) is 28.6. The van der Waals surface area contributed by atoms with Gasteiger partial charge in [0, 0.05) is 12.0 Å². The second-order valence-corrected chi connectivity index (χ2v) is 9.36. The van der Waals surface area contributed by atoms with Crippen molar-refractivity contribution < 1.29 is 9.59 Å². The number of thiophene rings is 1. The molecule has 27 heavy (non-hydrogen) atoms. The van der Waals surface area contributed by atoms with E-state index in [0.29, 0.717) is 11.6 Å². The Hall–Kier alpha value is -1.84. The number of hydrogen-bond donors (Lipinski definition) is 1. The van der Waals surface area contributed by atoms with Crippen LogP contribution in [0.3, 0.4) is 0 Å². The van der Waals surface area contributed by atoms with Gasteiger partial charge in [-0.3, -0.25) is 14.5 Å². The number of para-hydroxylation sites is 1. The van der Waals surface area contributed by atoms with E-state index in [-0.39, 0.29) is 11.8 Å². The van der Waals surface area contributed by atoms with E-state index in [1.54, 1.807) is 9.91 Å². The monoisotopic (exact) mass is 464 g/mol. The van der Waals surface area contributed by atoms with Crippen LogP contribution in [0.5, 0.6) is 0 Å². The number of nitrogens with zero attached hydrogens (tertiary/aromatic N) is 3. The fourth-order valence-corrected chi connectivity index (χ4v) is 5.29. The molecule has 1 N–H and O–H groups in total. The van der Waals surface area contributed by atoms with Gasteiger partial charge >= 0.3 is 0 Å².